The minimum Gasteiger partial charge on any atom is -0.385 e. The lowest BCUT2D eigenvalue weighted by Crippen LogP contribution is -2.48. The Hall–Kier alpha value is -0.0800. The van der Waals surface area contributed by atoms with Crippen LogP contribution in [0.25, 0.3) is 0 Å². The summed E-state index contributed by atoms with van der Waals surface area (Å²) in [5.74, 6) is 1.81. The second kappa shape index (κ2) is 10.8. The number of nitrogens with one attached hydrogen (secondary N) is 2. The van der Waals surface area contributed by atoms with Crippen molar-refractivity contribution in [3.63, 3.8) is 0 Å². The Morgan fingerprint density at radius 2 is 1.92 bits per heavy atom. The molecule has 2 saturated carbocycles. The number of rotatable bonds is 9. The number of hydrogen-bond donors (Lipinski definition) is 2. The summed E-state index contributed by atoms with van der Waals surface area (Å²) in [4.78, 5) is 6.76. The first-order valence-electron chi connectivity index (χ1n) is 9.20. The number of halogens is 1. The van der Waals surface area contributed by atoms with E-state index in [2.05, 4.69) is 34.6 Å². The van der Waals surface area contributed by atoms with Crippen LogP contribution < -0.4 is 10.6 Å². The van der Waals surface area contributed by atoms with E-state index in [-0.39, 0.29) is 24.0 Å². The third-order valence-electron chi connectivity index (χ3n) is 5.66. The minimum atomic E-state index is 0. The first-order chi connectivity index (χ1) is 11.1. The van der Waals surface area contributed by atoms with Gasteiger partial charge in [-0.25, -0.2) is 0 Å². The van der Waals surface area contributed by atoms with Crippen LogP contribution in [0.2, 0.25) is 0 Å². The van der Waals surface area contributed by atoms with Crippen molar-refractivity contribution in [2.24, 2.45) is 16.3 Å². The number of ether oxygens (including phenoxy) is 1. The van der Waals surface area contributed by atoms with Crippen LogP contribution in [0.4, 0.5) is 0 Å². The molecule has 0 aliphatic heterocycles. The predicted molar refractivity (Wildman–Crippen MR) is 112 cm³/mol. The first-order valence-corrected chi connectivity index (χ1v) is 9.20. The van der Waals surface area contributed by atoms with Crippen molar-refractivity contribution in [2.45, 2.75) is 51.0 Å². The highest BCUT2D eigenvalue weighted by Gasteiger charge is 2.34. The van der Waals surface area contributed by atoms with Gasteiger partial charge in [0.25, 0.3) is 0 Å². The van der Waals surface area contributed by atoms with E-state index >= 15 is 0 Å². The Labute approximate surface area is 165 Å². The molecule has 0 aromatic heterocycles. The van der Waals surface area contributed by atoms with Gasteiger partial charge < -0.3 is 20.3 Å². The topological polar surface area (TPSA) is 48.9 Å². The van der Waals surface area contributed by atoms with E-state index in [4.69, 9.17) is 4.74 Å². The summed E-state index contributed by atoms with van der Waals surface area (Å²) < 4.78 is 5.32. The normalized spacial score (nSPS) is 21.5. The number of hydrogen-bond acceptors (Lipinski definition) is 3. The van der Waals surface area contributed by atoms with Gasteiger partial charge in [-0.3, -0.25) is 4.99 Å². The SMILES string of the molecule is CN=C(NCC(C1CC1)N(C)C)NCC1(CCOC)CCCC1.I. The van der Waals surface area contributed by atoms with Crippen LogP contribution in [0, 0.1) is 11.3 Å². The van der Waals surface area contributed by atoms with E-state index in [0.717, 1.165) is 38.0 Å². The molecule has 142 valence electrons. The molecule has 0 saturated heterocycles. The van der Waals surface area contributed by atoms with Crippen molar-refractivity contribution in [1.29, 1.82) is 0 Å². The zero-order valence-corrected chi connectivity index (χ0v) is 18.3. The zero-order valence-electron chi connectivity index (χ0n) is 15.9. The molecule has 0 bridgehead atoms. The molecule has 0 heterocycles. The average Bonchev–Trinajstić information content (AvgIpc) is 3.27. The lowest BCUT2D eigenvalue weighted by Gasteiger charge is -2.30. The molecule has 5 nitrogen and oxygen atoms in total. The standard InChI is InChI=1S/C18H36N4O.HI/c1-19-17(20-13-16(22(2)3)15-7-8-15)21-14-18(11-12-23-4)9-5-6-10-18;/h15-16H,5-14H2,1-4H3,(H2,19,20,21);1H. The van der Waals surface area contributed by atoms with Crippen molar-refractivity contribution in [1.82, 2.24) is 15.5 Å². The molecule has 2 N–H and O–H groups in total. The fraction of sp³-hybridized carbons (Fsp3) is 0.944. The van der Waals surface area contributed by atoms with Gasteiger partial charge in [-0.1, -0.05) is 12.8 Å². The molecule has 1 unspecified atom stereocenters. The monoisotopic (exact) mass is 452 g/mol. The molecule has 2 rings (SSSR count). The van der Waals surface area contributed by atoms with E-state index in [1.807, 2.05) is 7.05 Å². The summed E-state index contributed by atoms with van der Waals surface area (Å²) in [5.41, 5.74) is 0.394. The van der Waals surface area contributed by atoms with Crippen LogP contribution in [0.15, 0.2) is 4.99 Å². The fourth-order valence-corrected chi connectivity index (χ4v) is 3.90. The summed E-state index contributed by atoms with van der Waals surface area (Å²) in [5, 5.41) is 7.11. The number of guanidine groups is 1. The summed E-state index contributed by atoms with van der Waals surface area (Å²) in [6, 6.07) is 0.613. The molecule has 2 fully saturated rings. The fourth-order valence-electron chi connectivity index (χ4n) is 3.90. The predicted octanol–water partition coefficient (Wildman–Crippen LogP) is 2.71. The van der Waals surface area contributed by atoms with Crippen molar-refractivity contribution < 1.29 is 4.74 Å². The van der Waals surface area contributed by atoms with Gasteiger partial charge >= 0.3 is 0 Å². The van der Waals surface area contributed by atoms with E-state index in [9.17, 15) is 0 Å². The Bertz CT molecular complexity index is 377. The van der Waals surface area contributed by atoms with Gasteiger partial charge in [0.05, 0.1) is 0 Å². The molecule has 0 spiro atoms. The van der Waals surface area contributed by atoms with Crippen molar-refractivity contribution in [3.8, 4) is 0 Å². The smallest absolute Gasteiger partial charge is 0.191 e. The minimum absolute atomic E-state index is 0. The van der Waals surface area contributed by atoms with Crippen molar-refractivity contribution in [3.05, 3.63) is 0 Å². The molecular weight excluding hydrogens is 415 g/mol. The molecule has 0 amide bonds. The van der Waals surface area contributed by atoms with E-state index in [0.29, 0.717) is 11.5 Å². The quantitative estimate of drug-likeness (QED) is 0.321. The Balaban J connectivity index is 0.00000288. The second-order valence-corrected chi connectivity index (χ2v) is 7.62. The molecule has 0 aromatic rings. The number of nitrogens with zero attached hydrogens (tertiary/aromatic N) is 2. The van der Waals surface area contributed by atoms with Gasteiger partial charge in [0.2, 0.25) is 0 Å². The maximum atomic E-state index is 5.32. The third kappa shape index (κ3) is 6.67. The van der Waals surface area contributed by atoms with Crippen LogP contribution in [0.1, 0.15) is 44.9 Å². The maximum Gasteiger partial charge on any atom is 0.191 e. The molecule has 1 atom stereocenters. The van der Waals surface area contributed by atoms with E-state index < -0.39 is 0 Å². The lowest BCUT2D eigenvalue weighted by molar-refractivity contribution is 0.138. The van der Waals surface area contributed by atoms with Gasteiger partial charge in [-0.15, -0.1) is 24.0 Å². The Morgan fingerprint density at radius 3 is 2.42 bits per heavy atom. The Morgan fingerprint density at radius 1 is 1.25 bits per heavy atom. The van der Waals surface area contributed by atoms with Gasteiger partial charge in [-0.2, -0.15) is 0 Å². The molecule has 2 aliphatic carbocycles. The van der Waals surface area contributed by atoms with Crippen LogP contribution in [-0.4, -0.2) is 64.9 Å². The van der Waals surface area contributed by atoms with Gasteiger partial charge in [0, 0.05) is 39.9 Å². The molecule has 0 aromatic carbocycles. The highest BCUT2D eigenvalue weighted by molar-refractivity contribution is 14.0. The zero-order chi connectivity index (χ0) is 16.7. The van der Waals surface area contributed by atoms with Gasteiger partial charge in [-0.05, 0) is 57.5 Å². The van der Waals surface area contributed by atoms with E-state index in [1.165, 1.54) is 38.5 Å². The van der Waals surface area contributed by atoms with Crippen LogP contribution in [0.3, 0.4) is 0 Å². The summed E-state index contributed by atoms with van der Waals surface area (Å²) in [6.45, 7) is 2.84. The number of methoxy groups -OCH3 is 1. The van der Waals surface area contributed by atoms with Crippen LogP contribution >= 0.6 is 24.0 Å². The van der Waals surface area contributed by atoms with Crippen LogP contribution in [0.5, 0.6) is 0 Å². The molecule has 0 radical (unpaired) electrons. The lowest BCUT2D eigenvalue weighted by atomic mass is 9.83. The van der Waals surface area contributed by atoms with Gasteiger partial charge in [0.15, 0.2) is 5.96 Å². The van der Waals surface area contributed by atoms with E-state index in [1.54, 1.807) is 7.11 Å². The highest BCUT2D eigenvalue weighted by atomic mass is 127. The number of likely N-dealkylation sites (N-methyl/N-ethyl adjacent to an activating group) is 1. The second-order valence-electron chi connectivity index (χ2n) is 7.62. The number of aliphatic imine (C=N–C) groups is 1. The molecule has 6 heteroatoms. The Kier molecular flexibility index (Phi) is 9.89. The highest BCUT2D eigenvalue weighted by Crippen LogP contribution is 2.40. The van der Waals surface area contributed by atoms with Gasteiger partial charge in [0.1, 0.15) is 0 Å². The summed E-state index contributed by atoms with van der Waals surface area (Å²) >= 11 is 0. The third-order valence-corrected chi connectivity index (χ3v) is 5.66. The molecule has 2 aliphatic rings. The first kappa shape index (κ1) is 22.0. The summed E-state index contributed by atoms with van der Waals surface area (Å²) in [7, 11) is 8.03. The van der Waals surface area contributed by atoms with Crippen LogP contribution in [-0.2, 0) is 4.74 Å². The molecule has 24 heavy (non-hydrogen) atoms. The average molecular weight is 452 g/mol. The van der Waals surface area contributed by atoms with Crippen molar-refractivity contribution >= 4 is 29.9 Å². The maximum absolute atomic E-state index is 5.32. The molecular formula is C18H37IN4O. The van der Waals surface area contributed by atoms with Crippen molar-refractivity contribution in [2.75, 3.05) is 47.9 Å². The summed E-state index contributed by atoms with van der Waals surface area (Å²) in [6.07, 6.45) is 9.21. The largest absolute Gasteiger partial charge is 0.385 e.